The van der Waals surface area contributed by atoms with Crippen LogP contribution in [0.3, 0.4) is 0 Å². The maximum atomic E-state index is 5.62. The summed E-state index contributed by atoms with van der Waals surface area (Å²) < 4.78 is 6.82. The molecule has 0 amide bonds. The van der Waals surface area contributed by atoms with Gasteiger partial charge in [-0.2, -0.15) is 0 Å². The van der Waals surface area contributed by atoms with E-state index in [0.29, 0.717) is 5.41 Å². The van der Waals surface area contributed by atoms with Gasteiger partial charge in [-0.05, 0) is 41.3 Å². The third-order valence-corrected chi connectivity index (χ3v) is 5.75. The number of halogens is 2. The lowest BCUT2D eigenvalue weighted by atomic mass is 9.81. The first-order valence-corrected chi connectivity index (χ1v) is 7.90. The van der Waals surface area contributed by atoms with Crippen molar-refractivity contribution in [3.63, 3.8) is 0 Å². The Bertz CT molecular complexity index is 318. The van der Waals surface area contributed by atoms with Crippen LogP contribution in [0.5, 0.6) is 0 Å². The second-order valence-electron chi connectivity index (χ2n) is 4.20. The van der Waals surface area contributed by atoms with Crippen LogP contribution in [0.15, 0.2) is 15.9 Å². The number of hydrogen-bond acceptors (Lipinski definition) is 2. The van der Waals surface area contributed by atoms with Crippen molar-refractivity contribution in [2.75, 3.05) is 18.5 Å². The van der Waals surface area contributed by atoms with Gasteiger partial charge in [0, 0.05) is 32.1 Å². The first-order valence-electron chi connectivity index (χ1n) is 5.11. The van der Waals surface area contributed by atoms with Crippen LogP contribution >= 0.6 is 43.2 Å². The fourth-order valence-electron chi connectivity index (χ4n) is 2.02. The third kappa shape index (κ3) is 3.05. The van der Waals surface area contributed by atoms with E-state index in [-0.39, 0.29) is 0 Å². The zero-order chi connectivity index (χ0) is 10.7. The molecule has 0 bridgehead atoms. The smallest absolute Gasteiger partial charge is 0.0533 e. The van der Waals surface area contributed by atoms with Crippen LogP contribution in [-0.2, 0) is 11.2 Å². The van der Waals surface area contributed by atoms with Crippen molar-refractivity contribution in [2.45, 2.75) is 19.3 Å². The summed E-state index contributed by atoms with van der Waals surface area (Å²) in [6, 6.07) is 2.23. The molecule has 1 atom stereocenters. The van der Waals surface area contributed by atoms with Crippen LogP contribution in [0.2, 0.25) is 0 Å². The van der Waals surface area contributed by atoms with E-state index < -0.39 is 0 Å². The molecule has 1 fully saturated rings. The predicted molar refractivity (Wildman–Crippen MR) is 72.0 cm³/mol. The van der Waals surface area contributed by atoms with Crippen LogP contribution in [-0.4, -0.2) is 18.5 Å². The van der Waals surface area contributed by atoms with Crippen LogP contribution in [0.25, 0.3) is 0 Å². The highest BCUT2D eigenvalue weighted by atomic mass is 79.9. The number of rotatable bonds is 3. The second kappa shape index (κ2) is 5.30. The number of alkyl halides is 1. The highest BCUT2D eigenvalue weighted by molar-refractivity contribution is 9.10. The Morgan fingerprint density at radius 2 is 2.40 bits per heavy atom. The minimum absolute atomic E-state index is 0.322. The fourth-order valence-corrected chi connectivity index (χ4v) is 4.28. The van der Waals surface area contributed by atoms with Crippen molar-refractivity contribution in [3.8, 4) is 0 Å². The molecular formula is C11H14Br2OS. The summed E-state index contributed by atoms with van der Waals surface area (Å²) in [4.78, 5) is 1.45. The maximum Gasteiger partial charge on any atom is 0.0533 e. The van der Waals surface area contributed by atoms with Gasteiger partial charge in [0.2, 0.25) is 0 Å². The van der Waals surface area contributed by atoms with E-state index in [1.54, 1.807) is 0 Å². The average Bonchev–Trinajstić information content (AvgIpc) is 2.65. The Morgan fingerprint density at radius 3 is 2.93 bits per heavy atom. The molecule has 15 heavy (non-hydrogen) atoms. The van der Waals surface area contributed by atoms with Crippen molar-refractivity contribution in [3.05, 3.63) is 20.8 Å². The summed E-state index contributed by atoms with van der Waals surface area (Å²) >= 11 is 8.98. The summed E-state index contributed by atoms with van der Waals surface area (Å²) in [5.74, 6) is 0. The summed E-state index contributed by atoms with van der Waals surface area (Å²) in [5, 5.41) is 3.19. The first-order chi connectivity index (χ1) is 7.24. The minimum atomic E-state index is 0.322. The molecule has 1 aromatic heterocycles. The largest absolute Gasteiger partial charge is 0.381 e. The molecule has 1 saturated heterocycles. The van der Waals surface area contributed by atoms with E-state index in [1.807, 2.05) is 11.3 Å². The van der Waals surface area contributed by atoms with Gasteiger partial charge >= 0.3 is 0 Å². The van der Waals surface area contributed by atoms with E-state index in [4.69, 9.17) is 4.74 Å². The lowest BCUT2D eigenvalue weighted by Crippen LogP contribution is -2.35. The minimum Gasteiger partial charge on any atom is -0.381 e. The van der Waals surface area contributed by atoms with Gasteiger partial charge in [0.05, 0.1) is 6.61 Å². The molecule has 1 nitrogen and oxygen atoms in total. The van der Waals surface area contributed by atoms with Crippen molar-refractivity contribution in [1.29, 1.82) is 0 Å². The van der Waals surface area contributed by atoms with E-state index in [2.05, 4.69) is 43.3 Å². The summed E-state index contributed by atoms with van der Waals surface area (Å²) in [5.41, 5.74) is 0.322. The number of ether oxygens (including phenoxy) is 1. The van der Waals surface area contributed by atoms with E-state index >= 15 is 0 Å². The highest BCUT2D eigenvalue weighted by Gasteiger charge is 2.32. The molecule has 0 N–H and O–H groups in total. The molecule has 1 aromatic rings. The van der Waals surface area contributed by atoms with E-state index in [9.17, 15) is 0 Å². The quantitative estimate of drug-likeness (QED) is 0.738. The normalized spacial score (nSPS) is 26.8. The molecule has 0 radical (unpaired) electrons. The molecule has 0 spiro atoms. The molecule has 0 aromatic carbocycles. The van der Waals surface area contributed by atoms with E-state index in [1.165, 1.54) is 22.2 Å². The van der Waals surface area contributed by atoms with Gasteiger partial charge in [-0.1, -0.05) is 15.9 Å². The molecule has 1 unspecified atom stereocenters. The number of hydrogen-bond donors (Lipinski definition) is 0. The van der Waals surface area contributed by atoms with Crippen molar-refractivity contribution in [1.82, 2.24) is 0 Å². The van der Waals surface area contributed by atoms with Crippen LogP contribution in [0.4, 0.5) is 0 Å². The molecule has 1 aliphatic rings. The lowest BCUT2D eigenvalue weighted by molar-refractivity contribution is 0.00654. The maximum absolute atomic E-state index is 5.62. The predicted octanol–water partition coefficient (Wildman–Crippen LogP) is 4.24. The average molecular weight is 354 g/mol. The van der Waals surface area contributed by atoms with Gasteiger partial charge in [0.25, 0.3) is 0 Å². The molecule has 2 rings (SSSR count). The highest BCUT2D eigenvalue weighted by Crippen LogP contribution is 2.36. The standard InChI is InChI=1S/C11H14Br2OS/c12-7-11(2-1-3-14-8-11)5-10-4-9(13)6-15-10/h4,6H,1-3,5,7-8H2. The van der Waals surface area contributed by atoms with Gasteiger partial charge < -0.3 is 4.74 Å². The van der Waals surface area contributed by atoms with Crippen molar-refractivity contribution < 1.29 is 4.74 Å². The Hall–Kier alpha value is 0.620. The lowest BCUT2D eigenvalue weighted by Gasteiger charge is -2.35. The fraction of sp³-hybridized carbons (Fsp3) is 0.636. The molecule has 84 valence electrons. The molecule has 2 heterocycles. The van der Waals surface area contributed by atoms with Gasteiger partial charge in [0.15, 0.2) is 0 Å². The number of thiophene rings is 1. The van der Waals surface area contributed by atoms with Crippen molar-refractivity contribution in [2.24, 2.45) is 5.41 Å². The SMILES string of the molecule is BrCC1(Cc2cc(Br)cs2)CCCOC1. The van der Waals surface area contributed by atoms with Crippen molar-refractivity contribution >= 4 is 43.2 Å². The van der Waals surface area contributed by atoms with Crippen LogP contribution < -0.4 is 0 Å². The molecule has 0 aliphatic carbocycles. The third-order valence-electron chi connectivity index (χ3n) is 2.86. The van der Waals surface area contributed by atoms with Gasteiger partial charge in [0.1, 0.15) is 0 Å². The molecular weight excluding hydrogens is 340 g/mol. The second-order valence-corrected chi connectivity index (χ2v) is 6.67. The summed E-state index contributed by atoms with van der Waals surface area (Å²) in [7, 11) is 0. The van der Waals surface area contributed by atoms with Crippen LogP contribution in [0.1, 0.15) is 17.7 Å². The summed E-state index contributed by atoms with van der Waals surface area (Å²) in [6.45, 7) is 1.83. The summed E-state index contributed by atoms with van der Waals surface area (Å²) in [6.07, 6.45) is 3.60. The molecule has 1 aliphatic heterocycles. The van der Waals surface area contributed by atoms with Gasteiger partial charge in [-0.3, -0.25) is 0 Å². The van der Waals surface area contributed by atoms with Gasteiger partial charge in [-0.15, -0.1) is 11.3 Å². The van der Waals surface area contributed by atoms with Crippen LogP contribution in [0, 0.1) is 5.41 Å². The Labute approximate surface area is 111 Å². The molecule has 4 heteroatoms. The Balaban J connectivity index is 2.06. The Kier molecular flexibility index (Phi) is 4.27. The zero-order valence-corrected chi connectivity index (χ0v) is 12.5. The zero-order valence-electron chi connectivity index (χ0n) is 8.47. The van der Waals surface area contributed by atoms with E-state index in [0.717, 1.165) is 25.0 Å². The topological polar surface area (TPSA) is 9.23 Å². The first kappa shape index (κ1) is 12.1. The molecule has 0 saturated carbocycles. The Morgan fingerprint density at radius 1 is 1.53 bits per heavy atom. The van der Waals surface area contributed by atoms with Gasteiger partial charge in [-0.25, -0.2) is 0 Å². The monoisotopic (exact) mass is 352 g/mol.